The van der Waals surface area contributed by atoms with Gasteiger partial charge in [0.25, 0.3) is 0 Å². The quantitative estimate of drug-likeness (QED) is 0.881. The summed E-state index contributed by atoms with van der Waals surface area (Å²) in [7, 11) is 2.02. The fraction of sp³-hybridized carbons (Fsp3) is 0.625. The summed E-state index contributed by atoms with van der Waals surface area (Å²) in [5.74, 6) is 1.89. The second-order valence-electron chi connectivity index (χ2n) is 6.46. The van der Waals surface area contributed by atoms with Crippen LogP contribution in [0.25, 0.3) is 0 Å². The average molecular weight is 301 g/mol. The molecular formula is C16H23N5O. The molecule has 3 heterocycles. The Bertz CT molecular complexity index is 630. The van der Waals surface area contributed by atoms with Gasteiger partial charge in [0.15, 0.2) is 0 Å². The molecule has 1 saturated carbocycles. The highest BCUT2D eigenvalue weighted by atomic mass is 16.5. The van der Waals surface area contributed by atoms with Gasteiger partial charge >= 0.3 is 0 Å². The van der Waals surface area contributed by atoms with Gasteiger partial charge in [-0.25, -0.2) is 4.98 Å². The molecule has 1 N–H and O–H groups in total. The van der Waals surface area contributed by atoms with E-state index in [1.807, 2.05) is 30.2 Å². The Kier molecular flexibility index (Phi) is 3.72. The van der Waals surface area contributed by atoms with E-state index in [1.165, 1.54) is 18.4 Å². The Labute approximate surface area is 130 Å². The summed E-state index contributed by atoms with van der Waals surface area (Å²) in [6, 6.07) is 0.329. The van der Waals surface area contributed by atoms with Crippen LogP contribution in [0.4, 0.5) is 0 Å². The molecule has 0 radical (unpaired) electrons. The zero-order valence-electron chi connectivity index (χ0n) is 13.0. The van der Waals surface area contributed by atoms with E-state index >= 15 is 0 Å². The van der Waals surface area contributed by atoms with E-state index in [0.29, 0.717) is 6.04 Å². The SMILES string of the molecule is Cn1ccnc1CN[C@H]1CCO[C@@H]1c1cnn(CC2CC2)c1. The summed E-state index contributed by atoms with van der Waals surface area (Å²) in [5.41, 5.74) is 1.19. The van der Waals surface area contributed by atoms with Gasteiger partial charge in [0, 0.05) is 50.4 Å². The van der Waals surface area contributed by atoms with E-state index in [2.05, 4.69) is 26.3 Å². The van der Waals surface area contributed by atoms with Crippen molar-refractivity contribution < 1.29 is 4.74 Å². The first-order valence-electron chi connectivity index (χ1n) is 8.13. The molecule has 1 aliphatic carbocycles. The van der Waals surface area contributed by atoms with Crippen molar-refractivity contribution in [2.75, 3.05) is 6.61 Å². The van der Waals surface area contributed by atoms with Gasteiger partial charge in [-0.15, -0.1) is 0 Å². The Hall–Kier alpha value is -1.66. The molecule has 2 aromatic heterocycles. The first-order chi connectivity index (χ1) is 10.8. The van der Waals surface area contributed by atoms with Gasteiger partial charge in [-0.1, -0.05) is 0 Å². The maximum Gasteiger partial charge on any atom is 0.122 e. The van der Waals surface area contributed by atoms with Crippen molar-refractivity contribution in [3.8, 4) is 0 Å². The van der Waals surface area contributed by atoms with Gasteiger partial charge in [-0.3, -0.25) is 4.68 Å². The van der Waals surface area contributed by atoms with Gasteiger partial charge in [0.1, 0.15) is 11.9 Å². The van der Waals surface area contributed by atoms with Crippen LogP contribution in [0.15, 0.2) is 24.8 Å². The summed E-state index contributed by atoms with van der Waals surface area (Å²) in [6.07, 6.45) is 11.8. The van der Waals surface area contributed by atoms with Crippen molar-refractivity contribution in [3.05, 3.63) is 36.2 Å². The lowest BCUT2D eigenvalue weighted by atomic mass is 10.1. The molecule has 1 saturated heterocycles. The van der Waals surface area contributed by atoms with E-state index < -0.39 is 0 Å². The second-order valence-corrected chi connectivity index (χ2v) is 6.46. The first kappa shape index (κ1) is 14.0. The Morgan fingerprint density at radius 2 is 2.27 bits per heavy atom. The van der Waals surface area contributed by atoms with Gasteiger partial charge < -0.3 is 14.6 Å². The maximum atomic E-state index is 5.94. The van der Waals surface area contributed by atoms with Crippen LogP contribution in [-0.2, 0) is 24.9 Å². The van der Waals surface area contributed by atoms with Crippen LogP contribution in [0.5, 0.6) is 0 Å². The van der Waals surface area contributed by atoms with Gasteiger partial charge in [-0.05, 0) is 25.2 Å². The number of ether oxygens (including phenoxy) is 1. The van der Waals surface area contributed by atoms with Crippen molar-refractivity contribution in [2.24, 2.45) is 13.0 Å². The zero-order valence-corrected chi connectivity index (χ0v) is 13.0. The number of hydrogen-bond acceptors (Lipinski definition) is 4. The van der Waals surface area contributed by atoms with Gasteiger partial charge in [0.2, 0.25) is 0 Å². The third-order valence-electron chi connectivity index (χ3n) is 4.66. The third kappa shape index (κ3) is 2.94. The molecule has 22 heavy (non-hydrogen) atoms. The summed E-state index contributed by atoms with van der Waals surface area (Å²) in [4.78, 5) is 4.36. The van der Waals surface area contributed by atoms with Crippen LogP contribution in [0.2, 0.25) is 0 Å². The number of aryl methyl sites for hydroxylation is 1. The minimum atomic E-state index is 0.105. The lowest BCUT2D eigenvalue weighted by Crippen LogP contribution is -2.32. The molecule has 6 heteroatoms. The van der Waals surface area contributed by atoms with Crippen LogP contribution < -0.4 is 5.32 Å². The van der Waals surface area contributed by atoms with Gasteiger partial charge in [0.05, 0.1) is 12.7 Å². The standard InChI is InChI=1S/C16H23N5O/c1-20-6-5-17-15(20)9-18-14-4-7-22-16(14)13-8-19-21(11-13)10-12-2-3-12/h5-6,8,11-12,14,16,18H,2-4,7,9-10H2,1H3/t14-,16+/m0/s1. The molecule has 0 unspecified atom stereocenters. The molecular weight excluding hydrogens is 278 g/mol. The van der Waals surface area contributed by atoms with E-state index in [1.54, 1.807) is 0 Å². The normalized spacial score (nSPS) is 25.0. The average Bonchev–Trinajstić information content (AvgIpc) is 2.92. The number of hydrogen-bond donors (Lipinski definition) is 1. The topological polar surface area (TPSA) is 56.9 Å². The monoisotopic (exact) mass is 301 g/mol. The Morgan fingerprint density at radius 3 is 3.05 bits per heavy atom. The highest BCUT2D eigenvalue weighted by Gasteiger charge is 2.31. The highest BCUT2D eigenvalue weighted by molar-refractivity contribution is 5.13. The summed E-state index contributed by atoms with van der Waals surface area (Å²) < 4.78 is 10.1. The molecule has 118 valence electrons. The van der Waals surface area contributed by atoms with Crippen molar-refractivity contribution in [2.45, 2.75) is 44.5 Å². The minimum absolute atomic E-state index is 0.105. The molecule has 1 aliphatic heterocycles. The zero-order chi connectivity index (χ0) is 14.9. The largest absolute Gasteiger partial charge is 0.372 e. The molecule has 0 spiro atoms. The number of nitrogens with zero attached hydrogens (tertiary/aromatic N) is 4. The number of aromatic nitrogens is 4. The van der Waals surface area contributed by atoms with E-state index in [0.717, 1.165) is 37.9 Å². The van der Waals surface area contributed by atoms with Crippen molar-refractivity contribution in [1.29, 1.82) is 0 Å². The molecule has 0 amide bonds. The van der Waals surface area contributed by atoms with Crippen LogP contribution in [-0.4, -0.2) is 32.0 Å². The summed E-state index contributed by atoms with van der Waals surface area (Å²) >= 11 is 0. The Morgan fingerprint density at radius 1 is 1.36 bits per heavy atom. The molecule has 0 bridgehead atoms. The van der Waals surface area contributed by atoms with E-state index in [9.17, 15) is 0 Å². The first-order valence-corrected chi connectivity index (χ1v) is 8.13. The lowest BCUT2D eigenvalue weighted by Gasteiger charge is -2.18. The predicted molar refractivity (Wildman–Crippen MR) is 82.1 cm³/mol. The van der Waals surface area contributed by atoms with E-state index in [4.69, 9.17) is 4.74 Å². The molecule has 2 atom stereocenters. The molecule has 0 aromatic carbocycles. The smallest absolute Gasteiger partial charge is 0.122 e. The Balaban J connectivity index is 1.39. The number of rotatable bonds is 6. The number of nitrogens with one attached hydrogen (secondary N) is 1. The van der Waals surface area contributed by atoms with Crippen LogP contribution in [0.1, 0.15) is 36.8 Å². The van der Waals surface area contributed by atoms with Crippen LogP contribution in [0, 0.1) is 5.92 Å². The van der Waals surface area contributed by atoms with E-state index in [-0.39, 0.29) is 6.10 Å². The minimum Gasteiger partial charge on any atom is -0.372 e. The molecule has 2 fully saturated rings. The maximum absolute atomic E-state index is 5.94. The predicted octanol–water partition coefficient (Wildman–Crippen LogP) is 1.65. The summed E-state index contributed by atoms with van der Waals surface area (Å²) in [6.45, 7) is 2.62. The molecule has 6 nitrogen and oxygen atoms in total. The van der Waals surface area contributed by atoms with Crippen molar-refractivity contribution >= 4 is 0 Å². The lowest BCUT2D eigenvalue weighted by molar-refractivity contribution is 0.0982. The molecule has 2 aromatic rings. The second kappa shape index (κ2) is 5.85. The van der Waals surface area contributed by atoms with Gasteiger partial charge in [-0.2, -0.15) is 5.10 Å². The molecule has 2 aliphatic rings. The van der Waals surface area contributed by atoms with Crippen LogP contribution in [0.3, 0.4) is 0 Å². The fourth-order valence-electron chi connectivity index (χ4n) is 3.11. The van der Waals surface area contributed by atoms with Crippen molar-refractivity contribution in [1.82, 2.24) is 24.6 Å². The highest BCUT2D eigenvalue weighted by Crippen LogP contribution is 2.32. The molecule has 4 rings (SSSR count). The fourth-order valence-corrected chi connectivity index (χ4v) is 3.11. The van der Waals surface area contributed by atoms with Crippen LogP contribution >= 0.6 is 0 Å². The number of imidazole rings is 1. The van der Waals surface area contributed by atoms with Crippen molar-refractivity contribution in [3.63, 3.8) is 0 Å². The third-order valence-corrected chi connectivity index (χ3v) is 4.66. The summed E-state index contributed by atoms with van der Waals surface area (Å²) in [5, 5.41) is 8.08.